The van der Waals surface area contributed by atoms with Crippen molar-refractivity contribution < 1.29 is 14.6 Å². The fourth-order valence-corrected chi connectivity index (χ4v) is 1.79. The molecule has 7 heteroatoms. The van der Waals surface area contributed by atoms with E-state index in [0.717, 1.165) is 11.3 Å². The molecule has 0 unspecified atom stereocenters. The van der Waals surface area contributed by atoms with Gasteiger partial charge >= 0.3 is 5.97 Å². The number of aromatic carboxylic acids is 1. The van der Waals surface area contributed by atoms with Gasteiger partial charge in [0.2, 0.25) is 0 Å². The van der Waals surface area contributed by atoms with Crippen molar-refractivity contribution >= 4 is 11.7 Å². The molecule has 2 aromatic heterocycles. The fraction of sp³-hybridized carbons (Fsp3) is 0.0833. The second-order valence-corrected chi connectivity index (χ2v) is 3.88. The first-order valence-corrected chi connectivity index (χ1v) is 5.50. The van der Waals surface area contributed by atoms with Gasteiger partial charge in [0.15, 0.2) is 11.5 Å². The van der Waals surface area contributed by atoms with E-state index in [1.807, 2.05) is 12.1 Å². The SMILES string of the molecule is COc1ccc(-c2nc3ncc(C(=O)O)n3[nH]2)cc1. The van der Waals surface area contributed by atoms with Gasteiger partial charge in [0.25, 0.3) is 5.78 Å². The highest BCUT2D eigenvalue weighted by Gasteiger charge is 2.14. The third-order valence-corrected chi connectivity index (χ3v) is 2.76. The van der Waals surface area contributed by atoms with E-state index in [4.69, 9.17) is 9.84 Å². The summed E-state index contributed by atoms with van der Waals surface area (Å²) in [4.78, 5) is 19.1. The number of carboxylic acid groups (broad SMARTS) is 1. The number of rotatable bonds is 3. The number of imidazole rings is 1. The molecule has 0 aliphatic rings. The van der Waals surface area contributed by atoms with E-state index < -0.39 is 5.97 Å². The van der Waals surface area contributed by atoms with Crippen molar-refractivity contribution in [3.63, 3.8) is 0 Å². The van der Waals surface area contributed by atoms with E-state index in [2.05, 4.69) is 15.1 Å². The van der Waals surface area contributed by atoms with Crippen LogP contribution in [0.25, 0.3) is 17.2 Å². The molecule has 7 nitrogen and oxygen atoms in total. The van der Waals surface area contributed by atoms with E-state index in [1.54, 1.807) is 19.2 Å². The van der Waals surface area contributed by atoms with Crippen molar-refractivity contribution in [1.82, 2.24) is 19.6 Å². The number of hydrogen-bond donors (Lipinski definition) is 2. The second-order valence-electron chi connectivity index (χ2n) is 3.88. The summed E-state index contributed by atoms with van der Waals surface area (Å²) in [6.07, 6.45) is 1.26. The van der Waals surface area contributed by atoms with Crippen LogP contribution in [0.1, 0.15) is 10.5 Å². The molecule has 0 saturated carbocycles. The highest BCUT2D eigenvalue weighted by molar-refractivity contribution is 5.86. The van der Waals surface area contributed by atoms with Gasteiger partial charge in [-0.1, -0.05) is 0 Å². The Morgan fingerprint density at radius 2 is 2.11 bits per heavy atom. The average Bonchev–Trinajstić information content (AvgIpc) is 2.98. The van der Waals surface area contributed by atoms with Gasteiger partial charge in [-0.05, 0) is 24.3 Å². The van der Waals surface area contributed by atoms with Crippen LogP contribution < -0.4 is 4.74 Å². The number of methoxy groups -OCH3 is 1. The van der Waals surface area contributed by atoms with Crippen LogP contribution in [0.2, 0.25) is 0 Å². The van der Waals surface area contributed by atoms with E-state index in [9.17, 15) is 4.79 Å². The van der Waals surface area contributed by atoms with Gasteiger partial charge in [-0.2, -0.15) is 4.98 Å². The quantitative estimate of drug-likeness (QED) is 0.741. The van der Waals surface area contributed by atoms with Crippen LogP contribution in [0.5, 0.6) is 5.75 Å². The third kappa shape index (κ3) is 1.81. The Bertz CT molecular complexity index is 742. The topological polar surface area (TPSA) is 92.5 Å². The Morgan fingerprint density at radius 3 is 2.74 bits per heavy atom. The molecule has 0 amide bonds. The van der Waals surface area contributed by atoms with Crippen molar-refractivity contribution in [3.05, 3.63) is 36.2 Å². The highest BCUT2D eigenvalue weighted by atomic mass is 16.5. The summed E-state index contributed by atoms with van der Waals surface area (Å²) in [6, 6.07) is 7.27. The van der Waals surface area contributed by atoms with Crippen LogP contribution >= 0.6 is 0 Å². The van der Waals surface area contributed by atoms with Crippen molar-refractivity contribution in [3.8, 4) is 17.1 Å². The normalized spacial score (nSPS) is 10.8. The summed E-state index contributed by atoms with van der Waals surface area (Å²) in [7, 11) is 1.59. The molecule has 19 heavy (non-hydrogen) atoms. The molecule has 0 bridgehead atoms. The third-order valence-electron chi connectivity index (χ3n) is 2.76. The molecular weight excluding hydrogens is 248 g/mol. The number of nitrogens with zero attached hydrogens (tertiary/aromatic N) is 3. The van der Waals surface area contributed by atoms with Crippen LogP contribution in [-0.2, 0) is 0 Å². The van der Waals surface area contributed by atoms with Gasteiger partial charge in [-0.15, -0.1) is 0 Å². The maximum atomic E-state index is 11.0. The van der Waals surface area contributed by atoms with E-state index in [1.165, 1.54) is 10.7 Å². The molecule has 0 aliphatic carbocycles. The predicted molar refractivity (Wildman–Crippen MR) is 66.3 cm³/mol. The minimum Gasteiger partial charge on any atom is -0.497 e. The first kappa shape index (κ1) is 11.3. The Labute approximate surface area is 107 Å². The number of aromatic amines is 1. The van der Waals surface area contributed by atoms with Crippen molar-refractivity contribution in [2.24, 2.45) is 0 Å². The number of carboxylic acids is 1. The standard InChI is InChI=1S/C12H10N4O3/c1-19-8-4-2-7(3-5-8)10-14-12-13-6-9(11(17)18)16(12)15-10/h2-6H,1H3,(H,17,18)(H,13,14,15). The molecule has 3 rings (SSSR count). The van der Waals surface area contributed by atoms with Crippen LogP contribution in [0.3, 0.4) is 0 Å². The van der Waals surface area contributed by atoms with Crippen LogP contribution in [0.15, 0.2) is 30.5 Å². The molecule has 0 aliphatic heterocycles. The molecule has 96 valence electrons. The molecule has 0 radical (unpaired) electrons. The number of benzene rings is 1. The fourth-order valence-electron chi connectivity index (χ4n) is 1.79. The zero-order valence-corrected chi connectivity index (χ0v) is 9.99. The van der Waals surface area contributed by atoms with Gasteiger partial charge in [0.05, 0.1) is 13.3 Å². The molecular formula is C12H10N4O3. The predicted octanol–water partition coefficient (Wildman–Crippen LogP) is 1.43. The van der Waals surface area contributed by atoms with E-state index >= 15 is 0 Å². The summed E-state index contributed by atoms with van der Waals surface area (Å²) >= 11 is 0. The van der Waals surface area contributed by atoms with Gasteiger partial charge in [0, 0.05) is 5.56 Å². The number of ether oxygens (including phenoxy) is 1. The van der Waals surface area contributed by atoms with Crippen molar-refractivity contribution in [1.29, 1.82) is 0 Å². The lowest BCUT2D eigenvalue weighted by Crippen LogP contribution is -2.01. The maximum absolute atomic E-state index is 11.0. The number of hydrogen-bond acceptors (Lipinski definition) is 4. The summed E-state index contributed by atoms with van der Waals surface area (Å²) < 4.78 is 6.41. The molecule has 0 spiro atoms. The molecule has 3 aromatic rings. The van der Waals surface area contributed by atoms with Crippen LogP contribution in [0, 0.1) is 0 Å². The number of fused-ring (bicyclic) bond motifs is 1. The first-order chi connectivity index (χ1) is 9.19. The van der Waals surface area contributed by atoms with Gasteiger partial charge in [0.1, 0.15) is 5.75 Å². The number of carbonyl (C=O) groups is 1. The zero-order chi connectivity index (χ0) is 13.4. The zero-order valence-electron chi connectivity index (χ0n) is 9.99. The average molecular weight is 258 g/mol. The molecule has 2 N–H and O–H groups in total. The van der Waals surface area contributed by atoms with Gasteiger partial charge in [-0.25, -0.2) is 14.3 Å². The van der Waals surface area contributed by atoms with Gasteiger partial charge < -0.3 is 9.84 Å². The molecule has 0 saturated heterocycles. The van der Waals surface area contributed by atoms with E-state index in [0.29, 0.717) is 11.6 Å². The summed E-state index contributed by atoms with van der Waals surface area (Å²) in [5, 5.41) is 11.9. The minimum atomic E-state index is -1.06. The van der Waals surface area contributed by atoms with Gasteiger partial charge in [-0.3, -0.25) is 5.10 Å². The number of nitrogens with one attached hydrogen (secondary N) is 1. The van der Waals surface area contributed by atoms with E-state index in [-0.39, 0.29) is 5.69 Å². The largest absolute Gasteiger partial charge is 0.497 e. The molecule has 2 heterocycles. The first-order valence-electron chi connectivity index (χ1n) is 5.50. The Morgan fingerprint density at radius 1 is 1.37 bits per heavy atom. The monoisotopic (exact) mass is 258 g/mol. The Balaban J connectivity index is 2.07. The maximum Gasteiger partial charge on any atom is 0.356 e. The number of aromatic nitrogens is 4. The Hall–Kier alpha value is -2.83. The molecule has 1 aromatic carbocycles. The van der Waals surface area contributed by atoms with Crippen molar-refractivity contribution in [2.75, 3.05) is 7.11 Å². The summed E-state index contributed by atoms with van der Waals surface area (Å²) in [5.41, 5.74) is 0.866. The lowest BCUT2D eigenvalue weighted by molar-refractivity contribution is 0.0688. The Kier molecular flexibility index (Phi) is 2.45. The lowest BCUT2D eigenvalue weighted by Gasteiger charge is -2.00. The van der Waals surface area contributed by atoms with Crippen LogP contribution in [-0.4, -0.2) is 37.8 Å². The molecule has 0 atom stereocenters. The highest BCUT2D eigenvalue weighted by Crippen LogP contribution is 2.20. The minimum absolute atomic E-state index is 0.0438. The van der Waals surface area contributed by atoms with Crippen molar-refractivity contribution in [2.45, 2.75) is 0 Å². The lowest BCUT2D eigenvalue weighted by atomic mass is 10.2. The summed E-state index contributed by atoms with van der Waals surface area (Å²) in [6.45, 7) is 0. The summed E-state index contributed by atoms with van der Waals surface area (Å²) in [5.74, 6) is 0.556. The smallest absolute Gasteiger partial charge is 0.356 e. The second kappa shape index (κ2) is 4.13. The van der Waals surface area contributed by atoms with Crippen LogP contribution in [0.4, 0.5) is 0 Å². The number of H-pyrrole nitrogens is 1. The molecule has 0 fully saturated rings.